The Labute approximate surface area is 121 Å². The second-order valence-corrected chi connectivity index (χ2v) is 6.31. The molecular formula is C15H14ClNOS. The number of benzene rings is 1. The molecule has 0 fully saturated rings. The van der Waals surface area contributed by atoms with Crippen LogP contribution < -0.4 is 5.32 Å². The number of hydrogen-bond acceptors (Lipinski definition) is 2. The maximum atomic E-state index is 12.1. The van der Waals surface area contributed by atoms with Gasteiger partial charge in [0.15, 0.2) is 0 Å². The largest absolute Gasteiger partial charge is 0.347 e. The van der Waals surface area contributed by atoms with Crippen molar-refractivity contribution in [1.82, 2.24) is 5.32 Å². The van der Waals surface area contributed by atoms with E-state index in [1.54, 1.807) is 11.3 Å². The SMILES string of the molecule is O=C(Cc1cccs1)NC1c2ccccc2CC1Cl. The zero-order valence-electron chi connectivity index (χ0n) is 10.3. The summed E-state index contributed by atoms with van der Waals surface area (Å²) in [6.07, 6.45) is 1.25. The summed E-state index contributed by atoms with van der Waals surface area (Å²) in [6, 6.07) is 12.0. The monoisotopic (exact) mass is 291 g/mol. The van der Waals surface area contributed by atoms with E-state index in [1.807, 2.05) is 35.7 Å². The normalized spacial score (nSPS) is 21.1. The average Bonchev–Trinajstić information content (AvgIpc) is 2.99. The average molecular weight is 292 g/mol. The highest BCUT2D eigenvalue weighted by Gasteiger charge is 2.31. The van der Waals surface area contributed by atoms with Crippen molar-refractivity contribution in [2.24, 2.45) is 0 Å². The number of carbonyl (C=O) groups excluding carboxylic acids is 1. The maximum absolute atomic E-state index is 12.1. The van der Waals surface area contributed by atoms with Crippen molar-refractivity contribution >= 4 is 28.8 Å². The van der Waals surface area contributed by atoms with Gasteiger partial charge in [0.25, 0.3) is 0 Å². The van der Waals surface area contributed by atoms with E-state index in [4.69, 9.17) is 11.6 Å². The zero-order chi connectivity index (χ0) is 13.2. The minimum absolute atomic E-state index is 0.0369. The van der Waals surface area contributed by atoms with Crippen LogP contribution in [0.25, 0.3) is 0 Å². The third-order valence-corrected chi connectivity index (χ3v) is 4.68. The molecular weight excluding hydrogens is 278 g/mol. The predicted octanol–water partition coefficient (Wildman–Crippen LogP) is 3.31. The van der Waals surface area contributed by atoms with Crippen molar-refractivity contribution in [2.75, 3.05) is 0 Å². The number of halogens is 1. The molecule has 0 spiro atoms. The molecule has 2 aromatic rings. The van der Waals surface area contributed by atoms with Crippen molar-refractivity contribution in [2.45, 2.75) is 24.3 Å². The van der Waals surface area contributed by atoms with Crippen LogP contribution in [-0.4, -0.2) is 11.3 Å². The number of amides is 1. The van der Waals surface area contributed by atoms with Crippen molar-refractivity contribution in [3.63, 3.8) is 0 Å². The lowest BCUT2D eigenvalue weighted by atomic mass is 10.1. The van der Waals surface area contributed by atoms with Gasteiger partial charge in [-0.25, -0.2) is 0 Å². The molecule has 4 heteroatoms. The summed E-state index contributed by atoms with van der Waals surface area (Å²) in [5.74, 6) is 0.0369. The summed E-state index contributed by atoms with van der Waals surface area (Å²) >= 11 is 7.96. The van der Waals surface area contributed by atoms with Gasteiger partial charge in [0.1, 0.15) is 0 Å². The summed E-state index contributed by atoms with van der Waals surface area (Å²) < 4.78 is 0. The van der Waals surface area contributed by atoms with E-state index >= 15 is 0 Å². The number of rotatable bonds is 3. The first-order valence-electron chi connectivity index (χ1n) is 6.27. The number of carbonyl (C=O) groups is 1. The molecule has 0 saturated heterocycles. The second-order valence-electron chi connectivity index (χ2n) is 4.72. The molecule has 1 aromatic heterocycles. The highest BCUT2D eigenvalue weighted by atomic mass is 35.5. The molecule has 2 unspecified atom stereocenters. The molecule has 98 valence electrons. The Bertz CT molecular complexity index is 582. The van der Waals surface area contributed by atoms with Gasteiger partial charge >= 0.3 is 0 Å². The van der Waals surface area contributed by atoms with E-state index in [0.717, 1.165) is 16.9 Å². The molecule has 1 N–H and O–H groups in total. The molecule has 3 rings (SSSR count). The number of fused-ring (bicyclic) bond motifs is 1. The zero-order valence-corrected chi connectivity index (χ0v) is 11.9. The molecule has 1 amide bonds. The van der Waals surface area contributed by atoms with Gasteiger partial charge in [0.2, 0.25) is 5.91 Å². The molecule has 0 radical (unpaired) electrons. The molecule has 2 atom stereocenters. The molecule has 1 aliphatic carbocycles. The third kappa shape index (κ3) is 2.67. The van der Waals surface area contributed by atoms with Gasteiger partial charge in [-0.05, 0) is 29.0 Å². The van der Waals surface area contributed by atoms with E-state index in [1.165, 1.54) is 5.56 Å². The lowest BCUT2D eigenvalue weighted by Gasteiger charge is -2.17. The lowest BCUT2D eigenvalue weighted by molar-refractivity contribution is -0.121. The Morgan fingerprint density at radius 1 is 1.32 bits per heavy atom. The summed E-state index contributed by atoms with van der Waals surface area (Å²) in [7, 11) is 0. The fourth-order valence-electron chi connectivity index (χ4n) is 2.51. The van der Waals surface area contributed by atoms with Gasteiger partial charge in [0.05, 0.1) is 17.8 Å². The van der Waals surface area contributed by atoms with Crippen LogP contribution in [0.5, 0.6) is 0 Å². The van der Waals surface area contributed by atoms with Crippen molar-refractivity contribution in [3.8, 4) is 0 Å². The number of nitrogens with one attached hydrogen (secondary N) is 1. The van der Waals surface area contributed by atoms with E-state index in [0.29, 0.717) is 6.42 Å². The molecule has 1 heterocycles. The number of thiophene rings is 1. The first-order chi connectivity index (χ1) is 9.24. The highest BCUT2D eigenvalue weighted by Crippen LogP contribution is 2.34. The number of alkyl halides is 1. The van der Waals surface area contributed by atoms with Crippen LogP contribution in [0.2, 0.25) is 0 Å². The Morgan fingerprint density at radius 2 is 2.16 bits per heavy atom. The summed E-state index contributed by atoms with van der Waals surface area (Å²) in [6.45, 7) is 0. The Hall–Kier alpha value is -1.32. The van der Waals surface area contributed by atoms with Crippen molar-refractivity contribution in [1.29, 1.82) is 0 Å². The first kappa shape index (κ1) is 12.7. The van der Waals surface area contributed by atoms with E-state index in [-0.39, 0.29) is 17.3 Å². The van der Waals surface area contributed by atoms with Crippen molar-refractivity contribution in [3.05, 3.63) is 57.8 Å². The van der Waals surface area contributed by atoms with Crippen LogP contribution >= 0.6 is 22.9 Å². The Morgan fingerprint density at radius 3 is 2.95 bits per heavy atom. The lowest BCUT2D eigenvalue weighted by Crippen LogP contribution is -2.32. The van der Waals surface area contributed by atoms with Crippen LogP contribution in [0.4, 0.5) is 0 Å². The molecule has 0 bridgehead atoms. The maximum Gasteiger partial charge on any atom is 0.225 e. The van der Waals surface area contributed by atoms with Crippen LogP contribution in [0.15, 0.2) is 41.8 Å². The molecule has 19 heavy (non-hydrogen) atoms. The second kappa shape index (κ2) is 5.35. The quantitative estimate of drug-likeness (QED) is 0.864. The van der Waals surface area contributed by atoms with Gasteiger partial charge in [-0.3, -0.25) is 4.79 Å². The summed E-state index contributed by atoms with van der Waals surface area (Å²) in [4.78, 5) is 13.1. The molecule has 1 aromatic carbocycles. The highest BCUT2D eigenvalue weighted by molar-refractivity contribution is 7.10. The van der Waals surface area contributed by atoms with Gasteiger partial charge in [-0.15, -0.1) is 22.9 Å². The van der Waals surface area contributed by atoms with Gasteiger partial charge in [-0.2, -0.15) is 0 Å². The third-order valence-electron chi connectivity index (χ3n) is 3.40. The fraction of sp³-hybridized carbons (Fsp3) is 0.267. The Kier molecular flexibility index (Phi) is 3.58. The predicted molar refractivity (Wildman–Crippen MR) is 78.7 cm³/mol. The van der Waals surface area contributed by atoms with Gasteiger partial charge in [-0.1, -0.05) is 30.3 Å². The van der Waals surface area contributed by atoms with Crippen LogP contribution in [0.1, 0.15) is 22.0 Å². The molecule has 0 aliphatic heterocycles. The molecule has 2 nitrogen and oxygen atoms in total. The van der Waals surface area contributed by atoms with Crippen molar-refractivity contribution < 1.29 is 4.79 Å². The standard InChI is InChI=1S/C15H14ClNOS/c16-13-8-10-4-1-2-6-12(10)15(13)17-14(18)9-11-5-3-7-19-11/h1-7,13,15H,8-9H2,(H,17,18). The van der Waals surface area contributed by atoms with Crippen LogP contribution in [-0.2, 0) is 17.6 Å². The van der Waals surface area contributed by atoms with E-state index in [2.05, 4.69) is 11.4 Å². The number of hydrogen-bond donors (Lipinski definition) is 1. The summed E-state index contributed by atoms with van der Waals surface area (Å²) in [5, 5.41) is 4.99. The molecule has 1 aliphatic rings. The minimum Gasteiger partial charge on any atom is -0.347 e. The molecule has 0 saturated carbocycles. The summed E-state index contributed by atoms with van der Waals surface area (Å²) in [5.41, 5.74) is 2.39. The van der Waals surface area contributed by atoms with Gasteiger partial charge < -0.3 is 5.32 Å². The first-order valence-corrected chi connectivity index (χ1v) is 7.59. The topological polar surface area (TPSA) is 29.1 Å². The Balaban J connectivity index is 1.71. The minimum atomic E-state index is -0.0645. The van der Waals surface area contributed by atoms with E-state index < -0.39 is 0 Å². The van der Waals surface area contributed by atoms with Crippen LogP contribution in [0, 0.1) is 0 Å². The fourth-order valence-corrected chi connectivity index (χ4v) is 3.58. The van der Waals surface area contributed by atoms with Gasteiger partial charge in [0, 0.05) is 4.88 Å². The van der Waals surface area contributed by atoms with Crippen LogP contribution in [0.3, 0.4) is 0 Å². The van der Waals surface area contributed by atoms with E-state index in [9.17, 15) is 4.79 Å². The smallest absolute Gasteiger partial charge is 0.225 e.